The molecule has 8 nitrogen and oxygen atoms in total. The maximum absolute atomic E-state index is 10.6. The minimum atomic E-state index is -0.416. The highest BCUT2D eigenvalue weighted by molar-refractivity contribution is 5.32. The molecule has 0 spiro atoms. The second-order valence-corrected chi connectivity index (χ2v) is 4.35. The molecule has 1 N–H and O–H groups in total. The van der Waals surface area contributed by atoms with Gasteiger partial charge in [-0.05, 0) is 29.0 Å². The summed E-state index contributed by atoms with van der Waals surface area (Å²) in [5.74, 6) is 0.747. The van der Waals surface area contributed by atoms with Crippen molar-refractivity contribution < 1.29 is 4.92 Å². The quantitative estimate of drug-likeness (QED) is 0.462. The number of nitro benzene ring substituents is 1. The summed E-state index contributed by atoms with van der Waals surface area (Å²) < 4.78 is 1.68. The minimum absolute atomic E-state index is 0.0790. The summed E-state index contributed by atoms with van der Waals surface area (Å²) in [6.07, 6.45) is 1.05. The number of non-ortho nitro benzene ring substituents is 1. The van der Waals surface area contributed by atoms with Crippen molar-refractivity contribution in [3.05, 3.63) is 45.8 Å². The van der Waals surface area contributed by atoms with Gasteiger partial charge in [0.1, 0.15) is 0 Å². The molecule has 1 heterocycles. The summed E-state index contributed by atoms with van der Waals surface area (Å²) in [7, 11) is 0. The molecule has 0 aliphatic carbocycles. The average Bonchev–Trinajstić information content (AvgIpc) is 2.87. The lowest BCUT2D eigenvalue weighted by molar-refractivity contribution is -0.384. The number of rotatable bonds is 7. The second-order valence-electron chi connectivity index (χ2n) is 4.35. The number of nitrogens with one attached hydrogen (secondary N) is 1. The Kier molecular flexibility index (Phi) is 4.72. The summed E-state index contributed by atoms with van der Waals surface area (Å²) in [6.45, 7) is 4.10. The van der Waals surface area contributed by atoms with Gasteiger partial charge in [-0.25, -0.2) is 4.68 Å². The fourth-order valence-corrected chi connectivity index (χ4v) is 1.75. The smallest absolute Gasteiger partial charge is 0.269 e. The molecular weight excluding hydrogens is 260 g/mol. The number of tetrazole rings is 1. The standard InChI is InChI=1S/C12H16N6O2/c1-2-7-13-8-12-14-15-16-17(12)9-10-3-5-11(6-4-10)18(19)20/h3-6,13H,2,7-9H2,1H3. The van der Waals surface area contributed by atoms with Crippen molar-refractivity contribution in [2.24, 2.45) is 0 Å². The third kappa shape index (κ3) is 3.58. The minimum Gasteiger partial charge on any atom is -0.310 e. The van der Waals surface area contributed by atoms with E-state index in [-0.39, 0.29) is 5.69 Å². The zero-order valence-electron chi connectivity index (χ0n) is 11.2. The van der Waals surface area contributed by atoms with Crippen molar-refractivity contribution in [3.8, 4) is 0 Å². The molecule has 106 valence electrons. The van der Waals surface area contributed by atoms with E-state index < -0.39 is 4.92 Å². The Bertz CT molecular complexity index is 566. The first-order valence-corrected chi connectivity index (χ1v) is 6.39. The third-order valence-corrected chi connectivity index (χ3v) is 2.80. The van der Waals surface area contributed by atoms with Gasteiger partial charge in [-0.2, -0.15) is 0 Å². The zero-order chi connectivity index (χ0) is 14.4. The Morgan fingerprint density at radius 3 is 2.75 bits per heavy atom. The largest absolute Gasteiger partial charge is 0.310 e. The maximum atomic E-state index is 10.6. The highest BCUT2D eigenvalue weighted by Gasteiger charge is 2.08. The molecular formula is C12H16N6O2. The monoisotopic (exact) mass is 276 g/mol. The predicted molar refractivity (Wildman–Crippen MR) is 72.0 cm³/mol. The summed E-state index contributed by atoms with van der Waals surface area (Å²) >= 11 is 0. The van der Waals surface area contributed by atoms with Crippen LogP contribution in [0.25, 0.3) is 0 Å². The van der Waals surface area contributed by atoms with Crippen molar-refractivity contribution >= 4 is 5.69 Å². The molecule has 0 atom stereocenters. The fourth-order valence-electron chi connectivity index (χ4n) is 1.75. The Morgan fingerprint density at radius 2 is 2.10 bits per heavy atom. The normalized spacial score (nSPS) is 10.7. The van der Waals surface area contributed by atoms with Crippen molar-refractivity contribution in [1.29, 1.82) is 0 Å². The lowest BCUT2D eigenvalue weighted by Gasteiger charge is -2.05. The molecule has 0 amide bonds. The molecule has 1 aromatic carbocycles. The van der Waals surface area contributed by atoms with Gasteiger partial charge in [0.25, 0.3) is 5.69 Å². The topological polar surface area (TPSA) is 98.8 Å². The van der Waals surface area contributed by atoms with E-state index in [0.29, 0.717) is 13.1 Å². The third-order valence-electron chi connectivity index (χ3n) is 2.80. The molecule has 0 fully saturated rings. The number of hydrogen-bond donors (Lipinski definition) is 1. The van der Waals surface area contributed by atoms with Gasteiger partial charge >= 0.3 is 0 Å². The van der Waals surface area contributed by atoms with Crippen LogP contribution in [0.4, 0.5) is 5.69 Å². The number of nitrogens with zero attached hydrogens (tertiary/aromatic N) is 5. The van der Waals surface area contributed by atoms with E-state index in [0.717, 1.165) is 24.4 Å². The summed E-state index contributed by atoms with van der Waals surface area (Å²) in [4.78, 5) is 10.2. The average molecular weight is 276 g/mol. The second kappa shape index (κ2) is 6.71. The first kappa shape index (κ1) is 14.1. The lowest BCUT2D eigenvalue weighted by Crippen LogP contribution is -2.18. The van der Waals surface area contributed by atoms with Gasteiger partial charge < -0.3 is 5.32 Å². The van der Waals surface area contributed by atoms with E-state index in [1.165, 1.54) is 12.1 Å². The van der Waals surface area contributed by atoms with Gasteiger partial charge in [0.05, 0.1) is 18.0 Å². The van der Waals surface area contributed by atoms with Crippen molar-refractivity contribution in [3.63, 3.8) is 0 Å². The molecule has 0 aliphatic rings. The number of hydrogen-bond acceptors (Lipinski definition) is 6. The lowest BCUT2D eigenvalue weighted by atomic mass is 10.2. The molecule has 0 unspecified atom stereocenters. The molecule has 0 aliphatic heterocycles. The highest BCUT2D eigenvalue weighted by Crippen LogP contribution is 2.12. The SMILES string of the molecule is CCCNCc1nnnn1Cc1ccc([N+](=O)[O-])cc1. The number of benzene rings is 1. The molecule has 0 radical (unpaired) electrons. The van der Waals surface area contributed by atoms with Gasteiger partial charge in [0.2, 0.25) is 0 Å². The van der Waals surface area contributed by atoms with Crippen LogP contribution in [0.5, 0.6) is 0 Å². The van der Waals surface area contributed by atoms with Crippen LogP contribution in [-0.4, -0.2) is 31.7 Å². The first-order valence-electron chi connectivity index (χ1n) is 6.39. The zero-order valence-corrected chi connectivity index (χ0v) is 11.2. The van der Waals surface area contributed by atoms with Crippen molar-refractivity contribution in [2.45, 2.75) is 26.4 Å². The summed E-state index contributed by atoms with van der Waals surface area (Å²) in [6, 6.07) is 6.38. The van der Waals surface area contributed by atoms with E-state index in [1.54, 1.807) is 16.8 Å². The molecule has 20 heavy (non-hydrogen) atoms. The van der Waals surface area contributed by atoms with E-state index in [9.17, 15) is 10.1 Å². The first-order chi connectivity index (χ1) is 9.70. The summed E-state index contributed by atoms with van der Waals surface area (Å²) in [5, 5.41) is 25.4. The van der Waals surface area contributed by atoms with Crippen LogP contribution in [0, 0.1) is 10.1 Å². The molecule has 0 saturated heterocycles. The molecule has 2 aromatic rings. The molecule has 2 rings (SSSR count). The number of nitro groups is 1. The molecule has 0 bridgehead atoms. The molecule has 0 saturated carbocycles. The van der Waals surface area contributed by atoms with Crippen LogP contribution in [0.3, 0.4) is 0 Å². The Hall–Kier alpha value is -2.35. The van der Waals surface area contributed by atoms with Crippen LogP contribution < -0.4 is 5.32 Å². The fraction of sp³-hybridized carbons (Fsp3) is 0.417. The maximum Gasteiger partial charge on any atom is 0.269 e. The number of aromatic nitrogens is 4. The van der Waals surface area contributed by atoms with E-state index >= 15 is 0 Å². The van der Waals surface area contributed by atoms with E-state index in [1.807, 2.05) is 0 Å². The Morgan fingerprint density at radius 1 is 1.35 bits per heavy atom. The van der Waals surface area contributed by atoms with Gasteiger partial charge in [0.15, 0.2) is 5.82 Å². The van der Waals surface area contributed by atoms with Gasteiger partial charge in [-0.15, -0.1) is 5.10 Å². The van der Waals surface area contributed by atoms with Crippen LogP contribution in [0.2, 0.25) is 0 Å². The van der Waals surface area contributed by atoms with E-state index in [4.69, 9.17) is 0 Å². The summed E-state index contributed by atoms with van der Waals surface area (Å²) in [5.41, 5.74) is 0.995. The van der Waals surface area contributed by atoms with Crippen molar-refractivity contribution in [1.82, 2.24) is 25.5 Å². The Balaban J connectivity index is 2.02. The van der Waals surface area contributed by atoms with Crippen LogP contribution in [0.15, 0.2) is 24.3 Å². The van der Waals surface area contributed by atoms with Crippen LogP contribution >= 0.6 is 0 Å². The van der Waals surface area contributed by atoms with Gasteiger partial charge in [0, 0.05) is 12.1 Å². The highest BCUT2D eigenvalue weighted by atomic mass is 16.6. The molecule has 1 aromatic heterocycles. The van der Waals surface area contributed by atoms with Gasteiger partial charge in [-0.1, -0.05) is 19.1 Å². The predicted octanol–water partition coefficient (Wildman–Crippen LogP) is 1.13. The van der Waals surface area contributed by atoms with Crippen LogP contribution in [-0.2, 0) is 13.1 Å². The molecule has 8 heteroatoms. The van der Waals surface area contributed by atoms with Crippen molar-refractivity contribution in [2.75, 3.05) is 6.54 Å². The van der Waals surface area contributed by atoms with Gasteiger partial charge in [-0.3, -0.25) is 10.1 Å². The van der Waals surface area contributed by atoms with E-state index in [2.05, 4.69) is 27.8 Å². The van der Waals surface area contributed by atoms with Crippen LogP contribution in [0.1, 0.15) is 24.7 Å². The Labute approximate surface area is 115 Å².